The standard InChI is InChI=1S/C25H22N2O5/c1-14-5-6-15(12-21(14)31-3)16-8-10-20(22(13-16)32-4)27-24(29)18-9-7-17(23(28)26-2)11-19(18)25(27)30/h5-13H,1-4H3,(H,26,28). The highest BCUT2D eigenvalue weighted by Gasteiger charge is 2.38. The zero-order valence-corrected chi connectivity index (χ0v) is 18.2. The molecule has 0 saturated carbocycles. The van der Waals surface area contributed by atoms with E-state index in [1.165, 1.54) is 32.4 Å². The molecular formula is C25H22N2O5. The van der Waals surface area contributed by atoms with Crippen molar-refractivity contribution < 1.29 is 23.9 Å². The summed E-state index contributed by atoms with van der Waals surface area (Å²) in [6, 6.07) is 15.6. The Bertz CT molecular complexity index is 1270. The van der Waals surface area contributed by atoms with Gasteiger partial charge in [0.2, 0.25) is 0 Å². The highest BCUT2D eigenvalue weighted by atomic mass is 16.5. The Morgan fingerprint density at radius 2 is 1.44 bits per heavy atom. The van der Waals surface area contributed by atoms with Crippen LogP contribution in [0.5, 0.6) is 11.5 Å². The minimum absolute atomic E-state index is 0.186. The van der Waals surface area contributed by atoms with Gasteiger partial charge in [0.25, 0.3) is 17.7 Å². The monoisotopic (exact) mass is 430 g/mol. The number of hydrogen-bond acceptors (Lipinski definition) is 5. The predicted octanol–water partition coefficient (Wildman–Crippen LogP) is 3.84. The molecule has 3 aromatic rings. The van der Waals surface area contributed by atoms with Crippen molar-refractivity contribution in [3.05, 3.63) is 76.9 Å². The van der Waals surface area contributed by atoms with Crippen LogP contribution >= 0.6 is 0 Å². The van der Waals surface area contributed by atoms with E-state index in [0.29, 0.717) is 17.0 Å². The number of aryl methyl sites for hydroxylation is 1. The maximum absolute atomic E-state index is 13.1. The van der Waals surface area contributed by atoms with Crippen molar-refractivity contribution in [1.82, 2.24) is 5.32 Å². The summed E-state index contributed by atoms with van der Waals surface area (Å²) in [5.74, 6) is -0.154. The maximum atomic E-state index is 13.1. The number of nitrogens with zero attached hydrogens (tertiary/aromatic N) is 1. The predicted molar refractivity (Wildman–Crippen MR) is 121 cm³/mol. The Morgan fingerprint density at radius 3 is 2.09 bits per heavy atom. The summed E-state index contributed by atoms with van der Waals surface area (Å²) in [5, 5.41) is 2.52. The van der Waals surface area contributed by atoms with Crippen molar-refractivity contribution in [2.75, 3.05) is 26.2 Å². The third-order valence-electron chi connectivity index (χ3n) is 5.54. The number of anilines is 1. The van der Waals surface area contributed by atoms with E-state index in [4.69, 9.17) is 9.47 Å². The van der Waals surface area contributed by atoms with E-state index in [1.807, 2.05) is 31.2 Å². The summed E-state index contributed by atoms with van der Waals surface area (Å²) >= 11 is 0. The first-order valence-corrected chi connectivity index (χ1v) is 9.97. The number of nitrogens with one attached hydrogen (secondary N) is 1. The van der Waals surface area contributed by atoms with Gasteiger partial charge in [0, 0.05) is 12.6 Å². The first-order chi connectivity index (χ1) is 15.4. The van der Waals surface area contributed by atoms with Crippen molar-refractivity contribution in [3.63, 3.8) is 0 Å². The molecule has 32 heavy (non-hydrogen) atoms. The van der Waals surface area contributed by atoms with E-state index in [2.05, 4.69) is 5.32 Å². The average Bonchev–Trinajstić information content (AvgIpc) is 3.07. The Hall–Kier alpha value is -4.13. The number of carbonyl (C=O) groups is 3. The molecule has 0 saturated heterocycles. The van der Waals surface area contributed by atoms with Crippen LogP contribution in [0.3, 0.4) is 0 Å². The van der Waals surface area contributed by atoms with E-state index in [0.717, 1.165) is 27.3 Å². The van der Waals surface area contributed by atoms with Crippen LogP contribution in [0, 0.1) is 6.92 Å². The molecule has 0 unspecified atom stereocenters. The summed E-state index contributed by atoms with van der Waals surface area (Å²) in [6.45, 7) is 1.96. The lowest BCUT2D eigenvalue weighted by atomic mass is 10.0. The number of hydrogen-bond donors (Lipinski definition) is 1. The number of fused-ring (bicyclic) bond motifs is 1. The minimum atomic E-state index is -0.501. The number of rotatable bonds is 5. The van der Waals surface area contributed by atoms with Crippen LogP contribution < -0.4 is 19.7 Å². The van der Waals surface area contributed by atoms with Crippen LogP contribution in [0.15, 0.2) is 54.6 Å². The lowest BCUT2D eigenvalue weighted by Gasteiger charge is -2.18. The molecule has 0 atom stereocenters. The molecule has 0 radical (unpaired) electrons. The van der Waals surface area contributed by atoms with Crippen LogP contribution in [-0.4, -0.2) is 39.0 Å². The molecule has 0 aromatic heterocycles. The van der Waals surface area contributed by atoms with Crippen LogP contribution in [0.25, 0.3) is 11.1 Å². The second kappa shape index (κ2) is 8.19. The summed E-state index contributed by atoms with van der Waals surface area (Å²) in [5.41, 5.74) is 3.86. The van der Waals surface area contributed by atoms with Gasteiger partial charge in [-0.25, -0.2) is 4.90 Å². The van der Waals surface area contributed by atoms with Crippen molar-refractivity contribution in [2.24, 2.45) is 0 Å². The molecule has 1 N–H and O–H groups in total. The molecule has 0 bridgehead atoms. The highest BCUT2D eigenvalue weighted by Crippen LogP contribution is 2.38. The first kappa shape index (κ1) is 21.1. The third kappa shape index (κ3) is 3.37. The number of amides is 3. The molecule has 7 heteroatoms. The van der Waals surface area contributed by atoms with Crippen molar-refractivity contribution >= 4 is 23.4 Å². The Balaban J connectivity index is 1.74. The van der Waals surface area contributed by atoms with Crippen molar-refractivity contribution in [2.45, 2.75) is 6.92 Å². The quantitative estimate of drug-likeness (QED) is 0.622. The molecule has 0 spiro atoms. The number of imide groups is 1. The smallest absolute Gasteiger partial charge is 0.266 e. The molecule has 1 aliphatic heterocycles. The zero-order chi connectivity index (χ0) is 23.0. The Kier molecular flexibility index (Phi) is 5.40. The molecular weight excluding hydrogens is 408 g/mol. The van der Waals surface area contributed by atoms with Crippen LogP contribution in [-0.2, 0) is 0 Å². The SMILES string of the molecule is CNC(=O)c1ccc2c(c1)C(=O)N(c1ccc(-c3ccc(C)c(OC)c3)cc1OC)C2=O. The van der Waals surface area contributed by atoms with Crippen LogP contribution in [0.1, 0.15) is 36.6 Å². The van der Waals surface area contributed by atoms with Crippen molar-refractivity contribution in [3.8, 4) is 22.6 Å². The van der Waals surface area contributed by atoms with Crippen LogP contribution in [0.2, 0.25) is 0 Å². The van der Waals surface area contributed by atoms with E-state index < -0.39 is 11.8 Å². The summed E-state index contributed by atoms with van der Waals surface area (Å²) in [4.78, 5) is 39.2. The molecule has 162 valence electrons. The minimum Gasteiger partial charge on any atom is -0.496 e. The van der Waals surface area contributed by atoms with Gasteiger partial charge in [-0.3, -0.25) is 14.4 Å². The maximum Gasteiger partial charge on any atom is 0.266 e. The average molecular weight is 430 g/mol. The Morgan fingerprint density at radius 1 is 0.812 bits per heavy atom. The Labute approximate surface area is 185 Å². The van der Waals surface area contributed by atoms with E-state index >= 15 is 0 Å². The van der Waals surface area contributed by atoms with Gasteiger partial charge in [0.15, 0.2) is 0 Å². The van der Waals surface area contributed by atoms with Gasteiger partial charge < -0.3 is 14.8 Å². The molecule has 4 rings (SSSR count). The fourth-order valence-corrected chi connectivity index (χ4v) is 3.79. The van der Waals surface area contributed by atoms with E-state index in [9.17, 15) is 14.4 Å². The van der Waals surface area contributed by atoms with Gasteiger partial charge in [-0.05, 0) is 60.0 Å². The molecule has 1 aliphatic rings. The van der Waals surface area contributed by atoms with E-state index in [-0.39, 0.29) is 17.0 Å². The summed E-state index contributed by atoms with van der Waals surface area (Å²) in [6.07, 6.45) is 0. The van der Waals surface area contributed by atoms with Gasteiger partial charge in [0.05, 0.1) is 31.0 Å². The lowest BCUT2D eigenvalue weighted by molar-refractivity contribution is 0.0923. The lowest BCUT2D eigenvalue weighted by Crippen LogP contribution is -2.29. The van der Waals surface area contributed by atoms with Gasteiger partial charge in [-0.15, -0.1) is 0 Å². The van der Waals surface area contributed by atoms with Gasteiger partial charge in [0.1, 0.15) is 11.5 Å². The normalized spacial score (nSPS) is 12.6. The summed E-state index contributed by atoms with van der Waals surface area (Å²) in [7, 11) is 4.61. The van der Waals surface area contributed by atoms with Gasteiger partial charge >= 0.3 is 0 Å². The number of methoxy groups -OCH3 is 2. The van der Waals surface area contributed by atoms with E-state index in [1.54, 1.807) is 19.2 Å². The fourth-order valence-electron chi connectivity index (χ4n) is 3.79. The summed E-state index contributed by atoms with van der Waals surface area (Å²) < 4.78 is 10.9. The topological polar surface area (TPSA) is 84.9 Å². The van der Waals surface area contributed by atoms with Gasteiger partial charge in [-0.1, -0.05) is 18.2 Å². The van der Waals surface area contributed by atoms with Crippen molar-refractivity contribution in [1.29, 1.82) is 0 Å². The zero-order valence-electron chi connectivity index (χ0n) is 18.2. The molecule has 3 aromatic carbocycles. The van der Waals surface area contributed by atoms with Crippen LogP contribution in [0.4, 0.5) is 5.69 Å². The molecule has 0 fully saturated rings. The molecule has 1 heterocycles. The number of carbonyl (C=O) groups excluding carboxylic acids is 3. The largest absolute Gasteiger partial charge is 0.496 e. The number of ether oxygens (including phenoxy) is 2. The molecule has 7 nitrogen and oxygen atoms in total. The number of benzene rings is 3. The highest BCUT2D eigenvalue weighted by molar-refractivity contribution is 6.35. The van der Waals surface area contributed by atoms with Gasteiger partial charge in [-0.2, -0.15) is 0 Å². The molecule has 3 amide bonds. The first-order valence-electron chi connectivity index (χ1n) is 9.97. The second-order valence-corrected chi connectivity index (χ2v) is 7.36. The molecule has 0 aliphatic carbocycles. The fraction of sp³-hybridized carbons (Fsp3) is 0.160. The third-order valence-corrected chi connectivity index (χ3v) is 5.54. The second-order valence-electron chi connectivity index (χ2n) is 7.36.